The summed E-state index contributed by atoms with van der Waals surface area (Å²) in [6, 6.07) is 13.9. The molecule has 0 radical (unpaired) electrons. The van der Waals surface area contributed by atoms with Gasteiger partial charge in [0.15, 0.2) is 0 Å². The van der Waals surface area contributed by atoms with Crippen LogP contribution in [0.3, 0.4) is 0 Å². The van der Waals surface area contributed by atoms with Crippen molar-refractivity contribution < 1.29 is 12.8 Å². The number of anilines is 1. The number of nitrogens with zero attached hydrogens (tertiary/aromatic N) is 3. The number of rotatable bonds is 5. The minimum atomic E-state index is -3.95. The molecule has 3 N–H and O–H groups in total. The summed E-state index contributed by atoms with van der Waals surface area (Å²) in [4.78, 5) is 3.69. The molecule has 4 aromatic rings. The largest absolute Gasteiger partial charge is 0.327 e. The first-order valence-corrected chi connectivity index (χ1v) is 12.3. The molecular weight excluding hydrogens is 441 g/mol. The summed E-state index contributed by atoms with van der Waals surface area (Å²) in [7, 11) is -3.95. The van der Waals surface area contributed by atoms with Crippen LogP contribution in [0, 0.1) is 12.9 Å². The average Bonchev–Trinajstić information content (AvgIpc) is 3.15. The molecule has 2 aromatic heterocycles. The van der Waals surface area contributed by atoms with Crippen molar-refractivity contribution in [2.75, 3.05) is 4.72 Å². The lowest BCUT2D eigenvalue weighted by Gasteiger charge is -2.24. The number of pyridine rings is 1. The molecule has 0 fully saturated rings. The van der Waals surface area contributed by atoms with Crippen LogP contribution < -0.4 is 10.5 Å². The number of fused-ring (bicyclic) bond motifs is 2. The fourth-order valence-electron chi connectivity index (χ4n) is 4.48. The van der Waals surface area contributed by atoms with E-state index in [0.29, 0.717) is 17.5 Å². The number of benzene rings is 2. The predicted molar refractivity (Wildman–Crippen MR) is 125 cm³/mol. The van der Waals surface area contributed by atoms with E-state index < -0.39 is 16.0 Å². The van der Waals surface area contributed by atoms with E-state index in [2.05, 4.69) is 33.0 Å². The summed E-state index contributed by atoms with van der Waals surface area (Å²) < 4.78 is 43.5. The third kappa shape index (κ3) is 4.21. The fraction of sp³-hybridized carbons (Fsp3) is 0.250. The van der Waals surface area contributed by atoms with Gasteiger partial charge in [-0.3, -0.25) is 9.40 Å². The zero-order valence-corrected chi connectivity index (χ0v) is 18.9. The molecule has 2 aromatic carbocycles. The van der Waals surface area contributed by atoms with Gasteiger partial charge in [-0.25, -0.2) is 13.4 Å². The minimum absolute atomic E-state index is 0.0720. The van der Waals surface area contributed by atoms with E-state index in [1.165, 1.54) is 28.8 Å². The summed E-state index contributed by atoms with van der Waals surface area (Å²) in [6.45, 7) is 2.31. The molecule has 7 nitrogen and oxygen atoms in total. The molecule has 0 aliphatic heterocycles. The Balaban J connectivity index is 1.48. The van der Waals surface area contributed by atoms with Crippen LogP contribution in [0.4, 0.5) is 10.2 Å². The molecule has 9 heteroatoms. The highest BCUT2D eigenvalue weighted by Crippen LogP contribution is 2.28. The standard InChI is InChI=1S/C24H24FN5O2S/c1-15-10-21-18(11-22(15)33(31,32)29-24-7-3-6-23(25)28-24)13-27-30(21)14-17-5-2-4-16-8-9-19(26)12-20(16)17/h2-7,10-11,13,19H,8-9,12,14,26H2,1H3,(H,28,29). The number of aryl methyl sites for hydroxylation is 2. The first-order chi connectivity index (χ1) is 15.8. The maximum atomic E-state index is 13.4. The fourth-order valence-corrected chi connectivity index (χ4v) is 5.75. The van der Waals surface area contributed by atoms with Crippen LogP contribution in [0.1, 0.15) is 28.7 Å². The second-order valence-electron chi connectivity index (χ2n) is 8.49. The number of halogens is 1. The van der Waals surface area contributed by atoms with Crippen molar-refractivity contribution in [1.29, 1.82) is 0 Å². The van der Waals surface area contributed by atoms with Gasteiger partial charge in [0, 0.05) is 11.4 Å². The Morgan fingerprint density at radius 1 is 1.21 bits per heavy atom. The van der Waals surface area contributed by atoms with Crippen LogP contribution in [-0.4, -0.2) is 29.2 Å². The summed E-state index contributed by atoms with van der Waals surface area (Å²) >= 11 is 0. The Labute approximate surface area is 191 Å². The van der Waals surface area contributed by atoms with Crippen molar-refractivity contribution in [3.63, 3.8) is 0 Å². The summed E-state index contributed by atoms with van der Waals surface area (Å²) in [5.41, 5.74) is 11.4. The SMILES string of the molecule is Cc1cc2c(cnn2Cc2cccc3c2CC(N)CC3)cc1S(=O)(=O)Nc1cccc(F)n1. The third-order valence-corrected chi connectivity index (χ3v) is 7.62. The minimum Gasteiger partial charge on any atom is -0.327 e. The lowest BCUT2D eigenvalue weighted by Crippen LogP contribution is -2.29. The van der Waals surface area contributed by atoms with Crippen molar-refractivity contribution >= 4 is 26.7 Å². The van der Waals surface area contributed by atoms with Crippen LogP contribution in [0.5, 0.6) is 0 Å². The molecule has 0 bridgehead atoms. The van der Waals surface area contributed by atoms with Gasteiger partial charge in [0.25, 0.3) is 10.0 Å². The van der Waals surface area contributed by atoms with Crippen LogP contribution in [0.25, 0.3) is 10.9 Å². The van der Waals surface area contributed by atoms with Gasteiger partial charge in [0.2, 0.25) is 5.95 Å². The molecule has 0 saturated carbocycles. The molecule has 1 aliphatic rings. The maximum Gasteiger partial charge on any atom is 0.263 e. The first-order valence-electron chi connectivity index (χ1n) is 10.8. The van der Waals surface area contributed by atoms with E-state index in [1.807, 2.05) is 10.7 Å². The molecule has 2 heterocycles. The van der Waals surface area contributed by atoms with Crippen LogP contribution in [-0.2, 0) is 29.4 Å². The molecule has 33 heavy (non-hydrogen) atoms. The maximum absolute atomic E-state index is 13.4. The van der Waals surface area contributed by atoms with Gasteiger partial charge in [-0.2, -0.15) is 9.49 Å². The topological polar surface area (TPSA) is 103 Å². The van der Waals surface area contributed by atoms with Gasteiger partial charge in [-0.1, -0.05) is 24.3 Å². The van der Waals surface area contributed by atoms with Crippen LogP contribution in [0.2, 0.25) is 0 Å². The molecule has 1 atom stereocenters. The zero-order chi connectivity index (χ0) is 23.2. The molecular formula is C24H24FN5O2S. The molecule has 1 unspecified atom stereocenters. The third-order valence-electron chi connectivity index (χ3n) is 6.12. The Kier molecular flexibility index (Phi) is 5.38. The van der Waals surface area contributed by atoms with Gasteiger partial charge >= 0.3 is 0 Å². The Morgan fingerprint density at radius 3 is 2.85 bits per heavy atom. The highest BCUT2D eigenvalue weighted by Gasteiger charge is 2.21. The highest BCUT2D eigenvalue weighted by molar-refractivity contribution is 7.92. The van der Waals surface area contributed by atoms with Crippen molar-refractivity contribution in [2.45, 2.75) is 43.7 Å². The number of nitrogens with two attached hydrogens (primary N) is 1. The van der Waals surface area contributed by atoms with E-state index in [4.69, 9.17) is 5.73 Å². The van der Waals surface area contributed by atoms with E-state index in [-0.39, 0.29) is 16.8 Å². The molecule has 5 rings (SSSR count). The lowest BCUT2D eigenvalue weighted by molar-refractivity contribution is 0.568. The smallest absolute Gasteiger partial charge is 0.263 e. The summed E-state index contributed by atoms with van der Waals surface area (Å²) in [5.74, 6) is -0.829. The van der Waals surface area contributed by atoms with E-state index in [0.717, 1.165) is 30.8 Å². The molecule has 1 aliphatic carbocycles. The van der Waals surface area contributed by atoms with Gasteiger partial charge in [0.1, 0.15) is 5.82 Å². The van der Waals surface area contributed by atoms with Gasteiger partial charge in [-0.15, -0.1) is 0 Å². The number of hydrogen-bond acceptors (Lipinski definition) is 5. The zero-order valence-electron chi connectivity index (χ0n) is 18.1. The molecule has 170 valence electrons. The predicted octanol–water partition coefficient (Wildman–Crippen LogP) is 3.54. The van der Waals surface area contributed by atoms with Crippen molar-refractivity contribution in [3.8, 4) is 0 Å². The van der Waals surface area contributed by atoms with E-state index >= 15 is 0 Å². The van der Waals surface area contributed by atoms with Crippen molar-refractivity contribution in [1.82, 2.24) is 14.8 Å². The molecule has 0 amide bonds. The monoisotopic (exact) mass is 465 g/mol. The second-order valence-corrected chi connectivity index (χ2v) is 10.1. The Hall–Kier alpha value is -3.30. The number of nitrogens with one attached hydrogen (secondary N) is 1. The van der Waals surface area contributed by atoms with Gasteiger partial charge < -0.3 is 5.73 Å². The van der Waals surface area contributed by atoms with E-state index in [9.17, 15) is 12.8 Å². The molecule has 0 saturated heterocycles. The highest BCUT2D eigenvalue weighted by atomic mass is 32.2. The number of sulfonamides is 1. The van der Waals surface area contributed by atoms with Crippen LogP contribution >= 0.6 is 0 Å². The Bertz CT molecular complexity index is 1470. The summed E-state index contributed by atoms with van der Waals surface area (Å²) in [6.07, 6.45) is 4.50. The van der Waals surface area contributed by atoms with Crippen LogP contribution in [0.15, 0.2) is 59.6 Å². The Morgan fingerprint density at radius 2 is 2.03 bits per heavy atom. The number of aromatic nitrogens is 3. The quantitative estimate of drug-likeness (QED) is 0.439. The summed E-state index contributed by atoms with van der Waals surface area (Å²) in [5, 5.41) is 5.23. The second kappa shape index (κ2) is 8.24. The van der Waals surface area contributed by atoms with Gasteiger partial charge in [0.05, 0.1) is 23.2 Å². The van der Waals surface area contributed by atoms with E-state index in [1.54, 1.807) is 19.2 Å². The first kappa shape index (κ1) is 21.5. The van der Waals surface area contributed by atoms with Crippen molar-refractivity contribution in [2.24, 2.45) is 5.73 Å². The number of hydrogen-bond donors (Lipinski definition) is 2. The lowest BCUT2D eigenvalue weighted by atomic mass is 9.86. The van der Waals surface area contributed by atoms with Crippen molar-refractivity contribution in [3.05, 3.63) is 82.9 Å². The normalized spacial score (nSPS) is 16.0. The molecule has 0 spiro atoms. The average molecular weight is 466 g/mol. The van der Waals surface area contributed by atoms with Gasteiger partial charge in [-0.05, 0) is 72.7 Å².